The molecule has 6 heteroatoms. The highest BCUT2D eigenvalue weighted by Gasteiger charge is 2.17. The molecule has 3 rings (SSSR count). The van der Waals surface area contributed by atoms with E-state index in [0.717, 1.165) is 67.2 Å². The first kappa shape index (κ1) is 18.2. The molecule has 1 amide bonds. The second kappa shape index (κ2) is 8.17. The van der Waals surface area contributed by atoms with Gasteiger partial charge in [0.1, 0.15) is 0 Å². The molecule has 2 heterocycles. The van der Waals surface area contributed by atoms with Gasteiger partial charge in [-0.25, -0.2) is 0 Å². The molecule has 25 heavy (non-hydrogen) atoms. The highest BCUT2D eigenvalue weighted by atomic mass is 79.9. The molecule has 1 aliphatic heterocycles. The third-order valence-electron chi connectivity index (χ3n) is 4.71. The zero-order valence-electron chi connectivity index (χ0n) is 14.5. The molecule has 0 bridgehead atoms. The molecule has 1 fully saturated rings. The van der Waals surface area contributed by atoms with Gasteiger partial charge in [-0.1, -0.05) is 28.1 Å². The summed E-state index contributed by atoms with van der Waals surface area (Å²) in [5, 5.41) is 0. The van der Waals surface area contributed by atoms with Crippen LogP contribution in [0.25, 0.3) is 11.3 Å². The molecular formula is C19H24BrN3O2. The Kier molecular flexibility index (Phi) is 5.93. The monoisotopic (exact) mass is 405 g/mol. The van der Waals surface area contributed by atoms with Crippen molar-refractivity contribution in [2.75, 3.05) is 32.8 Å². The molecule has 0 unspecified atom stereocenters. The van der Waals surface area contributed by atoms with Crippen molar-refractivity contribution < 1.29 is 9.53 Å². The molecule has 0 spiro atoms. The van der Waals surface area contributed by atoms with Gasteiger partial charge >= 0.3 is 0 Å². The van der Waals surface area contributed by atoms with E-state index in [0.29, 0.717) is 5.56 Å². The number of hydrogen-bond acceptors (Lipinski definition) is 3. The zero-order valence-corrected chi connectivity index (χ0v) is 16.1. The van der Waals surface area contributed by atoms with Gasteiger partial charge in [0, 0.05) is 42.0 Å². The lowest BCUT2D eigenvalue weighted by Gasteiger charge is -2.26. The number of amides is 1. The Morgan fingerprint density at radius 2 is 2.00 bits per heavy atom. The minimum absolute atomic E-state index is 0.374. The molecule has 1 aromatic carbocycles. The van der Waals surface area contributed by atoms with Crippen LogP contribution in [-0.4, -0.2) is 48.2 Å². The minimum Gasteiger partial charge on any atom is -0.379 e. The van der Waals surface area contributed by atoms with Gasteiger partial charge in [0.25, 0.3) is 5.91 Å². The number of morpholine rings is 1. The van der Waals surface area contributed by atoms with Crippen molar-refractivity contribution in [1.82, 2.24) is 9.47 Å². The fourth-order valence-electron chi connectivity index (χ4n) is 3.35. The maximum atomic E-state index is 11.8. The minimum atomic E-state index is -0.374. The van der Waals surface area contributed by atoms with Gasteiger partial charge in [-0.05, 0) is 37.1 Å². The topological polar surface area (TPSA) is 60.5 Å². The van der Waals surface area contributed by atoms with Gasteiger partial charge < -0.3 is 15.0 Å². The Bertz CT molecular complexity index is 751. The van der Waals surface area contributed by atoms with Crippen LogP contribution < -0.4 is 5.73 Å². The van der Waals surface area contributed by atoms with E-state index in [1.54, 1.807) is 0 Å². The van der Waals surface area contributed by atoms with Gasteiger partial charge in [0.05, 0.1) is 18.8 Å². The summed E-state index contributed by atoms with van der Waals surface area (Å²) in [6.07, 6.45) is 1.02. The Labute approximate surface area is 156 Å². The lowest BCUT2D eigenvalue weighted by atomic mass is 10.1. The fraction of sp³-hybridized carbons (Fsp3) is 0.421. The van der Waals surface area contributed by atoms with Crippen LogP contribution in [-0.2, 0) is 11.3 Å². The molecule has 0 radical (unpaired) electrons. The highest BCUT2D eigenvalue weighted by Crippen LogP contribution is 2.28. The summed E-state index contributed by atoms with van der Waals surface area (Å²) in [4.78, 5) is 14.2. The van der Waals surface area contributed by atoms with Crippen LogP contribution in [0.15, 0.2) is 34.8 Å². The summed E-state index contributed by atoms with van der Waals surface area (Å²) < 4.78 is 8.63. The fourth-order valence-corrected chi connectivity index (χ4v) is 3.75. The van der Waals surface area contributed by atoms with Crippen LogP contribution >= 0.6 is 15.9 Å². The number of halogens is 1. The second-order valence-electron chi connectivity index (χ2n) is 6.36. The van der Waals surface area contributed by atoms with Crippen LogP contribution in [0.1, 0.15) is 22.5 Å². The summed E-state index contributed by atoms with van der Waals surface area (Å²) in [5.74, 6) is -0.374. The number of nitrogens with zero attached hydrogens (tertiary/aromatic N) is 2. The van der Waals surface area contributed by atoms with Crippen molar-refractivity contribution in [2.45, 2.75) is 19.9 Å². The maximum Gasteiger partial charge on any atom is 0.250 e. The van der Waals surface area contributed by atoms with E-state index in [2.05, 4.69) is 37.5 Å². The van der Waals surface area contributed by atoms with Crippen LogP contribution in [0, 0.1) is 6.92 Å². The lowest BCUT2D eigenvalue weighted by molar-refractivity contribution is 0.0369. The van der Waals surface area contributed by atoms with E-state index in [4.69, 9.17) is 10.5 Å². The quantitative estimate of drug-likeness (QED) is 0.802. The van der Waals surface area contributed by atoms with E-state index in [-0.39, 0.29) is 5.91 Å². The maximum absolute atomic E-state index is 11.8. The van der Waals surface area contributed by atoms with Gasteiger partial charge in [-0.2, -0.15) is 0 Å². The van der Waals surface area contributed by atoms with Crippen molar-refractivity contribution in [1.29, 1.82) is 0 Å². The van der Waals surface area contributed by atoms with Crippen molar-refractivity contribution in [3.63, 3.8) is 0 Å². The largest absolute Gasteiger partial charge is 0.379 e. The molecular weight excluding hydrogens is 382 g/mol. The van der Waals surface area contributed by atoms with Gasteiger partial charge in [-0.15, -0.1) is 0 Å². The van der Waals surface area contributed by atoms with Crippen molar-refractivity contribution in [3.8, 4) is 11.3 Å². The first-order valence-corrected chi connectivity index (χ1v) is 9.41. The Morgan fingerprint density at radius 1 is 1.24 bits per heavy atom. The molecule has 1 saturated heterocycles. The van der Waals surface area contributed by atoms with Crippen LogP contribution in [0.4, 0.5) is 0 Å². The zero-order chi connectivity index (χ0) is 17.8. The van der Waals surface area contributed by atoms with Gasteiger partial charge in [0.15, 0.2) is 0 Å². The average Bonchev–Trinajstić information content (AvgIpc) is 2.93. The molecule has 0 atom stereocenters. The third kappa shape index (κ3) is 4.32. The summed E-state index contributed by atoms with van der Waals surface area (Å²) in [5.41, 5.74) is 9.22. The summed E-state index contributed by atoms with van der Waals surface area (Å²) in [6, 6.07) is 10.0. The molecule has 5 nitrogen and oxygen atoms in total. The number of carbonyl (C=O) groups excluding carboxylic acids is 1. The number of ether oxygens (including phenoxy) is 1. The van der Waals surface area contributed by atoms with Crippen molar-refractivity contribution >= 4 is 21.8 Å². The number of rotatable bonds is 6. The molecule has 2 N–H and O–H groups in total. The van der Waals surface area contributed by atoms with E-state index in [9.17, 15) is 4.79 Å². The predicted molar refractivity (Wildman–Crippen MR) is 103 cm³/mol. The van der Waals surface area contributed by atoms with E-state index in [1.165, 1.54) is 0 Å². The van der Waals surface area contributed by atoms with E-state index in [1.807, 2.05) is 25.1 Å². The predicted octanol–water partition coefficient (Wildman–Crippen LogP) is 3.05. The number of primary amides is 1. The van der Waals surface area contributed by atoms with E-state index < -0.39 is 0 Å². The van der Waals surface area contributed by atoms with Crippen molar-refractivity contribution in [2.24, 2.45) is 5.73 Å². The second-order valence-corrected chi connectivity index (χ2v) is 7.28. The first-order valence-electron chi connectivity index (χ1n) is 8.62. The molecule has 1 aromatic heterocycles. The third-order valence-corrected chi connectivity index (χ3v) is 5.21. The summed E-state index contributed by atoms with van der Waals surface area (Å²) in [6.45, 7) is 7.49. The molecule has 0 aliphatic carbocycles. The molecule has 1 aliphatic rings. The Morgan fingerprint density at radius 3 is 2.68 bits per heavy atom. The van der Waals surface area contributed by atoms with Gasteiger partial charge in [-0.3, -0.25) is 9.69 Å². The molecule has 2 aromatic rings. The van der Waals surface area contributed by atoms with Crippen LogP contribution in [0.2, 0.25) is 0 Å². The normalized spacial score (nSPS) is 15.4. The van der Waals surface area contributed by atoms with Crippen molar-refractivity contribution in [3.05, 3.63) is 46.1 Å². The Hall–Kier alpha value is -1.63. The SMILES string of the molecule is Cc1c(C(N)=O)cc(-c2cccc(Br)c2)n1CCCN1CCOCC1. The number of carbonyl (C=O) groups is 1. The van der Waals surface area contributed by atoms with Gasteiger partial charge in [0.2, 0.25) is 0 Å². The number of benzene rings is 1. The Balaban J connectivity index is 1.82. The average molecular weight is 406 g/mol. The van der Waals surface area contributed by atoms with Crippen LogP contribution in [0.5, 0.6) is 0 Å². The van der Waals surface area contributed by atoms with Crippen LogP contribution in [0.3, 0.4) is 0 Å². The standard InChI is InChI=1S/C19H24BrN3O2/c1-14-17(19(21)24)13-18(15-4-2-5-16(20)12-15)23(14)7-3-6-22-8-10-25-11-9-22/h2,4-5,12-13H,3,6-11H2,1H3,(H2,21,24). The number of aromatic nitrogens is 1. The number of nitrogens with two attached hydrogens (primary N) is 1. The summed E-state index contributed by atoms with van der Waals surface area (Å²) in [7, 11) is 0. The van der Waals surface area contributed by atoms with E-state index >= 15 is 0 Å². The summed E-state index contributed by atoms with van der Waals surface area (Å²) >= 11 is 3.52. The molecule has 134 valence electrons. The highest BCUT2D eigenvalue weighted by molar-refractivity contribution is 9.10. The molecule has 0 saturated carbocycles. The lowest BCUT2D eigenvalue weighted by Crippen LogP contribution is -2.37. The number of hydrogen-bond donors (Lipinski definition) is 1. The smallest absolute Gasteiger partial charge is 0.250 e. The first-order chi connectivity index (χ1) is 12.1.